The van der Waals surface area contributed by atoms with Gasteiger partial charge >= 0.3 is 0 Å². The van der Waals surface area contributed by atoms with Gasteiger partial charge < -0.3 is 4.42 Å². The van der Waals surface area contributed by atoms with Crippen molar-refractivity contribution in [2.75, 3.05) is 0 Å². The Morgan fingerprint density at radius 2 is 1.09 bits per heavy atom. The van der Waals surface area contributed by atoms with Gasteiger partial charge in [0.2, 0.25) is 0 Å². The van der Waals surface area contributed by atoms with Crippen LogP contribution >= 0.6 is 11.3 Å². The SMILES string of the molecule is C=Cc1oc2cc(-c3c4ccccc4c(-c4cccc(-c5ccc(C)c(/C=C\C)c5)c4)c4ccccc34)ccc2c1-c1c(C)ccc2sc3ccccc3c12. The molecule has 0 spiro atoms. The van der Waals surface area contributed by atoms with Crippen molar-refractivity contribution in [1.82, 2.24) is 0 Å². The van der Waals surface area contributed by atoms with Gasteiger partial charge in [0, 0.05) is 31.1 Å². The third kappa shape index (κ3) is 5.28. The molecular weight excluding hydrogens is 685 g/mol. The van der Waals surface area contributed by atoms with Crippen LogP contribution in [0.15, 0.2) is 163 Å². The Morgan fingerprint density at radius 3 is 1.78 bits per heavy atom. The molecule has 0 saturated heterocycles. The van der Waals surface area contributed by atoms with Gasteiger partial charge in [-0.1, -0.05) is 128 Å². The van der Waals surface area contributed by atoms with E-state index in [1.54, 1.807) is 0 Å². The molecule has 2 aromatic heterocycles. The van der Waals surface area contributed by atoms with E-state index in [0.717, 1.165) is 27.9 Å². The molecule has 0 bridgehead atoms. The van der Waals surface area contributed by atoms with E-state index in [9.17, 15) is 0 Å². The summed E-state index contributed by atoms with van der Waals surface area (Å²) in [7, 11) is 0. The van der Waals surface area contributed by atoms with Crippen LogP contribution in [0, 0.1) is 13.8 Å². The summed E-state index contributed by atoms with van der Waals surface area (Å²) in [6, 6.07) is 53.5. The number of fused-ring (bicyclic) bond motifs is 6. The van der Waals surface area contributed by atoms with Gasteiger partial charge in [0.1, 0.15) is 11.3 Å². The Labute approximate surface area is 325 Å². The summed E-state index contributed by atoms with van der Waals surface area (Å²) in [5.41, 5.74) is 14.2. The lowest BCUT2D eigenvalue weighted by atomic mass is 9.85. The predicted octanol–water partition coefficient (Wildman–Crippen LogP) is 16.1. The minimum absolute atomic E-state index is 0.800. The molecular formula is C53H38OS. The van der Waals surface area contributed by atoms with Crippen LogP contribution in [0.1, 0.15) is 29.4 Å². The van der Waals surface area contributed by atoms with Crippen molar-refractivity contribution in [2.24, 2.45) is 0 Å². The minimum Gasteiger partial charge on any atom is -0.456 e. The zero-order chi connectivity index (χ0) is 37.2. The molecule has 55 heavy (non-hydrogen) atoms. The Kier molecular flexibility index (Phi) is 7.90. The fourth-order valence-electron chi connectivity index (χ4n) is 8.70. The third-order valence-corrected chi connectivity index (χ3v) is 12.4. The number of hydrogen-bond donors (Lipinski definition) is 0. The molecule has 0 N–H and O–H groups in total. The number of furan rings is 1. The molecule has 8 aromatic carbocycles. The molecule has 10 rings (SSSR count). The largest absolute Gasteiger partial charge is 0.456 e. The average Bonchev–Trinajstić information content (AvgIpc) is 3.79. The maximum atomic E-state index is 6.74. The van der Waals surface area contributed by atoms with E-state index in [-0.39, 0.29) is 0 Å². The van der Waals surface area contributed by atoms with Gasteiger partial charge in [0.15, 0.2) is 0 Å². The topological polar surface area (TPSA) is 13.1 Å². The zero-order valence-electron chi connectivity index (χ0n) is 31.1. The van der Waals surface area contributed by atoms with Crippen molar-refractivity contribution in [2.45, 2.75) is 20.8 Å². The summed E-state index contributed by atoms with van der Waals surface area (Å²) >= 11 is 1.85. The van der Waals surface area contributed by atoms with Gasteiger partial charge in [-0.15, -0.1) is 11.3 Å². The van der Waals surface area contributed by atoms with E-state index in [0.29, 0.717) is 0 Å². The number of thiophene rings is 1. The Hall–Kier alpha value is -6.48. The smallest absolute Gasteiger partial charge is 0.136 e. The van der Waals surface area contributed by atoms with E-state index >= 15 is 0 Å². The van der Waals surface area contributed by atoms with Crippen LogP contribution < -0.4 is 0 Å². The number of aryl methyl sites for hydroxylation is 2. The zero-order valence-corrected chi connectivity index (χ0v) is 31.9. The van der Waals surface area contributed by atoms with Gasteiger partial charge in [0.05, 0.1) is 0 Å². The molecule has 0 saturated carbocycles. The van der Waals surface area contributed by atoms with Gasteiger partial charge in [-0.25, -0.2) is 0 Å². The highest BCUT2D eigenvalue weighted by Gasteiger charge is 2.23. The summed E-state index contributed by atoms with van der Waals surface area (Å²) in [4.78, 5) is 0. The first-order valence-corrected chi connectivity index (χ1v) is 19.7. The van der Waals surface area contributed by atoms with Crippen LogP contribution in [0.4, 0.5) is 0 Å². The highest BCUT2D eigenvalue weighted by atomic mass is 32.1. The van der Waals surface area contributed by atoms with E-state index in [4.69, 9.17) is 4.42 Å². The minimum atomic E-state index is 0.800. The first-order valence-electron chi connectivity index (χ1n) is 18.9. The van der Waals surface area contributed by atoms with Gasteiger partial charge in [-0.05, 0) is 140 Å². The maximum Gasteiger partial charge on any atom is 0.136 e. The molecule has 10 aromatic rings. The van der Waals surface area contributed by atoms with E-state index in [1.165, 1.54) is 91.8 Å². The highest BCUT2D eigenvalue weighted by Crippen LogP contribution is 2.48. The third-order valence-electron chi connectivity index (χ3n) is 11.2. The molecule has 0 aliphatic carbocycles. The molecule has 0 unspecified atom stereocenters. The molecule has 0 radical (unpaired) electrons. The van der Waals surface area contributed by atoms with Crippen LogP contribution in [0.5, 0.6) is 0 Å². The normalized spacial score (nSPS) is 11.9. The average molecular weight is 723 g/mol. The molecule has 0 atom stereocenters. The Bertz CT molecular complexity index is 3150. The molecule has 1 nitrogen and oxygen atoms in total. The van der Waals surface area contributed by atoms with Crippen molar-refractivity contribution in [3.8, 4) is 44.5 Å². The summed E-state index contributed by atoms with van der Waals surface area (Å²) in [6.45, 7) is 10.7. The second-order valence-electron chi connectivity index (χ2n) is 14.5. The number of hydrogen-bond acceptors (Lipinski definition) is 2. The monoisotopic (exact) mass is 722 g/mol. The summed E-state index contributed by atoms with van der Waals surface area (Å²) in [6.07, 6.45) is 6.17. The lowest BCUT2D eigenvalue weighted by Crippen LogP contribution is -1.91. The van der Waals surface area contributed by atoms with Crippen LogP contribution in [-0.4, -0.2) is 0 Å². The summed E-state index contributed by atoms with van der Waals surface area (Å²) < 4.78 is 9.32. The number of benzene rings is 8. The van der Waals surface area contributed by atoms with E-state index < -0.39 is 0 Å². The predicted molar refractivity (Wildman–Crippen MR) is 240 cm³/mol. The summed E-state index contributed by atoms with van der Waals surface area (Å²) in [5.74, 6) is 0.800. The Morgan fingerprint density at radius 1 is 0.491 bits per heavy atom. The quantitative estimate of drug-likeness (QED) is 0.156. The van der Waals surface area contributed by atoms with Gasteiger partial charge in [-0.3, -0.25) is 0 Å². The van der Waals surface area contributed by atoms with Crippen molar-refractivity contribution in [1.29, 1.82) is 0 Å². The lowest BCUT2D eigenvalue weighted by Gasteiger charge is -2.18. The van der Waals surface area contributed by atoms with Crippen molar-refractivity contribution >= 4 is 76.2 Å². The fraction of sp³-hybridized carbons (Fsp3) is 0.0566. The van der Waals surface area contributed by atoms with E-state index in [1.807, 2.05) is 17.4 Å². The molecule has 0 fully saturated rings. The molecule has 2 heterocycles. The van der Waals surface area contributed by atoms with Crippen LogP contribution in [-0.2, 0) is 0 Å². The first kappa shape index (κ1) is 33.1. The van der Waals surface area contributed by atoms with E-state index in [2.05, 4.69) is 185 Å². The second-order valence-corrected chi connectivity index (χ2v) is 15.6. The van der Waals surface area contributed by atoms with Crippen molar-refractivity contribution in [3.63, 3.8) is 0 Å². The Balaban J connectivity index is 1.18. The molecule has 0 aliphatic heterocycles. The first-order chi connectivity index (χ1) is 27.0. The number of rotatable bonds is 6. The lowest BCUT2D eigenvalue weighted by molar-refractivity contribution is 0.606. The van der Waals surface area contributed by atoms with Crippen molar-refractivity contribution < 1.29 is 4.42 Å². The fourth-order valence-corrected chi connectivity index (χ4v) is 9.81. The molecule has 0 aliphatic rings. The molecule has 0 amide bonds. The summed E-state index contributed by atoms with van der Waals surface area (Å²) in [5, 5.41) is 8.55. The van der Waals surface area contributed by atoms with Crippen molar-refractivity contribution in [3.05, 3.63) is 181 Å². The van der Waals surface area contributed by atoms with Gasteiger partial charge in [-0.2, -0.15) is 0 Å². The molecule has 262 valence electrons. The number of allylic oxidation sites excluding steroid dienone is 1. The maximum absolute atomic E-state index is 6.74. The van der Waals surface area contributed by atoms with Crippen LogP contribution in [0.25, 0.3) is 109 Å². The standard InChI is InChI=1S/C53H38OS/c1-5-14-34-29-36(25-23-32(34)3)35-15-13-16-37(30-35)50-39-17-7-9-19-41(39)51(42-20-10-8-18-40(42)50)38-26-27-43-46(31-38)54-45(6-2)52(43)49-33(4)24-28-48-53(49)44-21-11-12-22-47(44)55-48/h5-31H,2H2,1,3-4H3/b14-5-. The van der Waals surface area contributed by atoms with Crippen LogP contribution in [0.2, 0.25) is 0 Å². The second kappa shape index (κ2) is 13.1. The van der Waals surface area contributed by atoms with Gasteiger partial charge in [0.25, 0.3) is 0 Å². The molecule has 2 heteroatoms. The highest BCUT2D eigenvalue weighted by molar-refractivity contribution is 7.26. The van der Waals surface area contributed by atoms with Crippen LogP contribution in [0.3, 0.4) is 0 Å².